The van der Waals surface area contributed by atoms with E-state index >= 15 is 4.39 Å². The summed E-state index contributed by atoms with van der Waals surface area (Å²) in [6.45, 7) is -2.02. The molecule has 0 saturated carbocycles. The fourth-order valence-electron chi connectivity index (χ4n) is 5.05. The molecular weight excluding hydrogens is 621 g/mol. The van der Waals surface area contributed by atoms with Crippen molar-refractivity contribution in [3.63, 3.8) is 0 Å². The third-order valence-corrected chi connectivity index (χ3v) is 9.62. The Morgan fingerprint density at radius 3 is 2.40 bits per heavy atom. The van der Waals surface area contributed by atoms with Gasteiger partial charge in [0, 0.05) is 53.7 Å². The quantitative estimate of drug-likeness (QED) is 0.304. The molecule has 0 bridgehead atoms. The zero-order chi connectivity index (χ0) is 31.7. The van der Waals surface area contributed by atoms with Crippen LogP contribution < -0.4 is 10.1 Å². The lowest BCUT2D eigenvalue weighted by atomic mass is 9.89. The van der Waals surface area contributed by atoms with Crippen molar-refractivity contribution in [1.29, 1.82) is 0 Å². The number of amides is 2. The molecule has 0 spiro atoms. The molecule has 2 aliphatic rings. The topological polar surface area (TPSA) is 96.0 Å². The van der Waals surface area contributed by atoms with Crippen LogP contribution in [0.4, 0.5) is 22.0 Å². The monoisotopic (exact) mass is 649 g/mol. The fourth-order valence-corrected chi connectivity index (χ4v) is 7.11. The summed E-state index contributed by atoms with van der Waals surface area (Å²) >= 11 is 6.30. The number of carbonyl (C=O) groups excluding carboxylic acids is 2. The Morgan fingerprint density at radius 2 is 1.79 bits per heavy atom. The van der Waals surface area contributed by atoms with Gasteiger partial charge in [-0.2, -0.15) is 13.1 Å². The lowest BCUT2D eigenvalue weighted by molar-refractivity contribution is -0.160. The molecule has 2 aliphatic heterocycles. The minimum Gasteiger partial charge on any atom is -0.435 e. The van der Waals surface area contributed by atoms with Crippen LogP contribution in [0.3, 0.4) is 0 Å². The van der Waals surface area contributed by atoms with E-state index in [2.05, 4.69) is 10.1 Å². The van der Waals surface area contributed by atoms with Gasteiger partial charge in [-0.15, -0.1) is 0 Å². The van der Waals surface area contributed by atoms with Gasteiger partial charge in [-0.1, -0.05) is 35.9 Å². The maximum atomic E-state index is 15.9. The average molecular weight is 650 g/mol. The minimum atomic E-state index is -4.36. The molecule has 8 nitrogen and oxygen atoms in total. The van der Waals surface area contributed by atoms with E-state index in [1.807, 2.05) is 0 Å². The normalized spacial score (nSPS) is 23.2. The molecule has 0 radical (unpaired) electrons. The van der Waals surface area contributed by atoms with E-state index in [1.165, 1.54) is 32.1 Å². The van der Waals surface area contributed by atoms with Gasteiger partial charge in [0.2, 0.25) is 15.9 Å². The second-order valence-electron chi connectivity index (χ2n) is 10.6. The molecule has 0 unspecified atom stereocenters. The summed E-state index contributed by atoms with van der Waals surface area (Å²) in [6.07, 6.45) is 1.29. The summed E-state index contributed by atoms with van der Waals surface area (Å²) in [6, 6.07) is 7.72. The number of hydrogen-bond acceptors (Lipinski definition) is 5. The van der Waals surface area contributed by atoms with Gasteiger partial charge in [0.1, 0.15) is 5.75 Å². The van der Waals surface area contributed by atoms with Crippen LogP contribution in [-0.4, -0.2) is 79.4 Å². The van der Waals surface area contributed by atoms with Crippen LogP contribution in [0.1, 0.15) is 26.7 Å². The van der Waals surface area contributed by atoms with Crippen molar-refractivity contribution >= 4 is 33.4 Å². The van der Waals surface area contributed by atoms with E-state index in [-0.39, 0.29) is 33.3 Å². The molecule has 2 saturated heterocycles. The molecule has 234 valence electrons. The summed E-state index contributed by atoms with van der Waals surface area (Å²) in [5.74, 6) is -4.89. The molecule has 2 aromatic carbocycles. The summed E-state index contributed by atoms with van der Waals surface area (Å²) in [5.41, 5.74) is -2.20. The standard InChI is InChI=1S/C28H29ClF5N3O5S/c1-17(7-10-24(38)36-15-28(33,34)16-36)35-25(39)27(32)11-12-37(18(2)14-27)43(40,41)23-9-8-19(42-26(30)31)13-21(23)20-5-3-4-6-22(20)29/h3-10,13,17-18,26H,11-12,14-16H2,1-2H3,(H,35,39)/b10-7+/t17-,18-,27+/m1/s1. The van der Waals surface area contributed by atoms with Gasteiger partial charge < -0.3 is 15.0 Å². The molecule has 2 fully saturated rings. The fraction of sp³-hybridized carbons (Fsp3) is 0.429. The van der Waals surface area contributed by atoms with Crippen molar-refractivity contribution in [3.05, 3.63) is 59.6 Å². The molecule has 15 heteroatoms. The predicted octanol–water partition coefficient (Wildman–Crippen LogP) is 5.03. The van der Waals surface area contributed by atoms with E-state index in [9.17, 15) is 35.6 Å². The highest BCUT2D eigenvalue weighted by Crippen LogP contribution is 2.40. The van der Waals surface area contributed by atoms with Crippen molar-refractivity contribution in [2.45, 2.75) is 61.9 Å². The Bertz CT molecular complexity index is 1520. The first-order chi connectivity index (χ1) is 20.0. The third-order valence-electron chi connectivity index (χ3n) is 7.22. The van der Waals surface area contributed by atoms with Gasteiger partial charge in [-0.05, 0) is 38.1 Å². The first-order valence-corrected chi connectivity index (χ1v) is 15.0. The summed E-state index contributed by atoms with van der Waals surface area (Å²) in [5, 5.41) is 2.58. The van der Waals surface area contributed by atoms with Crippen LogP contribution in [0.25, 0.3) is 11.1 Å². The van der Waals surface area contributed by atoms with Crippen LogP contribution in [-0.2, 0) is 19.6 Å². The van der Waals surface area contributed by atoms with E-state index in [0.29, 0.717) is 0 Å². The summed E-state index contributed by atoms with van der Waals surface area (Å²) in [7, 11) is -4.36. The van der Waals surface area contributed by atoms with Crippen LogP contribution in [0.2, 0.25) is 5.02 Å². The largest absolute Gasteiger partial charge is 0.435 e. The van der Waals surface area contributed by atoms with Gasteiger partial charge in [0.15, 0.2) is 5.67 Å². The third kappa shape index (κ3) is 7.29. The summed E-state index contributed by atoms with van der Waals surface area (Å²) in [4.78, 5) is 25.5. The van der Waals surface area contributed by atoms with E-state index < -0.39 is 78.1 Å². The first-order valence-electron chi connectivity index (χ1n) is 13.2. The maximum absolute atomic E-state index is 15.9. The van der Waals surface area contributed by atoms with Crippen molar-refractivity contribution in [3.8, 4) is 16.9 Å². The predicted molar refractivity (Wildman–Crippen MR) is 148 cm³/mol. The number of rotatable bonds is 9. The van der Waals surface area contributed by atoms with E-state index in [4.69, 9.17) is 11.6 Å². The molecule has 43 heavy (non-hydrogen) atoms. The molecule has 1 N–H and O–H groups in total. The lowest BCUT2D eigenvalue weighted by Gasteiger charge is -2.40. The number of nitrogens with zero attached hydrogens (tertiary/aromatic N) is 2. The van der Waals surface area contributed by atoms with Gasteiger partial charge in [-0.25, -0.2) is 21.6 Å². The highest BCUT2D eigenvalue weighted by atomic mass is 35.5. The van der Waals surface area contributed by atoms with Crippen LogP contribution in [0.15, 0.2) is 59.5 Å². The van der Waals surface area contributed by atoms with E-state index in [0.717, 1.165) is 33.5 Å². The Morgan fingerprint density at radius 1 is 1.12 bits per heavy atom. The number of sulfonamides is 1. The number of carbonyl (C=O) groups is 2. The summed E-state index contributed by atoms with van der Waals surface area (Å²) < 4.78 is 101. The lowest BCUT2D eigenvalue weighted by Crippen LogP contribution is -2.58. The smallest absolute Gasteiger partial charge is 0.387 e. The number of ether oxygens (including phenoxy) is 1. The van der Waals surface area contributed by atoms with Gasteiger partial charge in [0.25, 0.3) is 11.8 Å². The molecule has 2 amide bonds. The number of halogens is 6. The number of nitrogens with one attached hydrogen (secondary N) is 1. The second kappa shape index (κ2) is 12.4. The molecule has 3 atom stereocenters. The Kier molecular flexibility index (Phi) is 9.43. The zero-order valence-corrected chi connectivity index (χ0v) is 24.6. The van der Waals surface area contributed by atoms with Gasteiger partial charge in [-0.3, -0.25) is 9.59 Å². The number of benzene rings is 2. The van der Waals surface area contributed by atoms with Crippen LogP contribution >= 0.6 is 11.6 Å². The molecular formula is C28H29ClF5N3O5S. The molecule has 4 rings (SSSR count). The van der Waals surface area contributed by atoms with Gasteiger partial charge in [0.05, 0.1) is 18.0 Å². The van der Waals surface area contributed by atoms with Crippen LogP contribution in [0, 0.1) is 0 Å². The van der Waals surface area contributed by atoms with Crippen molar-refractivity contribution in [2.24, 2.45) is 0 Å². The first kappa shape index (κ1) is 32.7. The van der Waals surface area contributed by atoms with Gasteiger partial charge >= 0.3 is 6.61 Å². The Hall–Kier alpha value is -3.23. The number of hydrogen-bond donors (Lipinski definition) is 1. The molecule has 2 aromatic rings. The van der Waals surface area contributed by atoms with E-state index in [1.54, 1.807) is 12.1 Å². The molecule has 2 heterocycles. The number of likely N-dealkylation sites (tertiary alicyclic amines) is 1. The Balaban J connectivity index is 1.49. The zero-order valence-electron chi connectivity index (χ0n) is 23.1. The highest BCUT2D eigenvalue weighted by Gasteiger charge is 2.48. The molecule has 0 aromatic heterocycles. The maximum Gasteiger partial charge on any atom is 0.387 e. The minimum absolute atomic E-state index is 0.00267. The van der Waals surface area contributed by atoms with Crippen molar-refractivity contribution in [2.75, 3.05) is 19.6 Å². The van der Waals surface area contributed by atoms with Crippen molar-refractivity contribution < 1.29 is 44.7 Å². The number of piperidine rings is 1. The van der Waals surface area contributed by atoms with Crippen molar-refractivity contribution in [1.82, 2.24) is 14.5 Å². The average Bonchev–Trinajstić information content (AvgIpc) is 2.90. The SMILES string of the molecule is C[C@H](/C=C/C(=O)N1CC(F)(F)C1)NC(=O)[C@]1(F)CCN(S(=O)(=O)c2ccc(OC(F)F)cc2-c2ccccc2Cl)[C@H](C)C1. The Labute approximate surface area is 250 Å². The molecule has 0 aliphatic carbocycles. The second-order valence-corrected chi connectivity index (χ2v) is 12.8. The van der Waals surface area contributed by atoms with Crippen LogP contribution in [0.5, 0.6) is 5.75 Å². The highest BCUT2D eigenvalue weighted by molar-refractivity contribution is 7.89. The number of alkyl halides is 5.